The van der Waals surface area contributed by atoms with Crippen LogP contribution in [0.4, 0.5) is 5.69 Å². The lowest BCUT2D eigenvalue weighted by Gasteiger charge is -2.10. The van der Waals surface area contributed by atoms with E-state index in [9.17, 15) is 0 Å². The van der Waals surface area contributed by atoms with Crippen molar-refractivity contribution in [2.24, 2.45) is 0 Å². The Morgan fingerprint density at radius 2 is 1.83 bits per heavy atom. The van der Waals surface area contributed by atoms with E-state index in [1.165, 1.54) is 10.9 Å². The molecule has 0 fully saturated rings. The fraction of sp³-hybridized carbons (Fsp3) is 0.263. The Balaban J connectivity index is 2.02. The highest BCUT2D eigenvalue weighted by Crippen LogP contribution is 2.30. The molecule has 0 unspecified atom stereocenters. The van der Waals surface area contributed by atoms with Crippen molar-refractivity contribution < 1.29 is 9.47 Å². The summed E-state index contributed by atoms with van der Waals surface area (Å²) in [7, 11) is 3.43. The third-order valence-corrected chi connectivity index (χ3v) is 3.81. The Labute approximate surface area is 136 Å². The summed E-state index contributed by atoms with van der Waals surface area (Å²) in [6, 6.07) is 16.8. The van der Waals surface area contributed by atoms with Gasteiger partial charge in [0.05, 0.1) is 24.4 Å². The summed E-state index contributed by atoms with van der Waals surface area (Å²) in [5.41, 5.74) is 5.64. The first kappa shape index (κ1) is 15.6. The zero-order chi connectivity index (χ0) is 16.1. The van der Waals surface area contributed by atoms with Crippen molar-refractivity contribution in [3.8, 4) is 11.3 Å². The summed E-state index contributed by atoms with van der Waals surface area (Å²) in [6.45, 7) is 2.03. The quantitative estimate of drug-likeness (QED) is 0.647. The first-order valence-corrected chi connectivity index (χ1v) is 7.74. The molecule has 0 aliphatic rings. The standard InChI is InChI=1S/C19H22N2O2/c1-22-9-8-20-18-11-14(13-23-2)10-16-12-17(21-19(16)18)15-6-4-3-5-7-15/h3-7,10-12,20-21H,8-9,13H2,1-2H3. The minimum absolute atomic E-state index is 0.598. The molecule has 2 N–H and O–H groups in total. The van der Waals surface area contributed by atoms with Gasteiger partial charge in [-0.3, -0.25) is 0 Å². The highest BCUT2D eigenvalue weighted by molar-refractivity contribution is 5.95. The van der Waals surface area contributed by atoms with Gasteiger partial charge in [-0.25, -0.2) is 0 Å². The highest BCUT2D eigenvalue weighted by atomic mass is 16.5. The summed E-state index contributed by atoms with van der Waals surface area (Å²) >= 11 is 0. The number of hydrogen-bond acceptors (Lipinski definition) is 3. The number of ether oxygens (including phenoxy) is 2. The molecule has 0 aliphatic heterocycles. The van der Waals surface area contributed by atoms with Crippen LogP contribution in [0, 0.1) is 0 Å². The lowest BCUT2D eigenvalue weighted by Crippen LogP contribution is -2.08. The van der Waals surface area contributed by atoms with E-state index in [1.807, 2.05) is 6.07 Å². The van der Waals surface area contributed by atoms with Gasteiger partial charge < -0.3 is 19.8 Å². The van der Waals surface area contributed by atoms with Crippen molar-refractivity contribution in [1.82, 2.24) is 4.98 Å². The van der Waals surface area contributed by atoms with Gasteiger partial charge in [0, 0.05) is 31.8 Å². The van der Waals surface area contributed by atoms with Gasteiger partial charge in [-0.1, -0.05) is 30.3 Å². The molecule has 23 heavy (non-hydrogen) atoms. The molecule has 120 valence electrons. The molecule has 0 radical (unpaired) electrons. The van der Waals surface area contributed by atoms with Gasteiger partial charge in [0.25, 0.3) is 0 Å². The molecule has 4 nitrogen and oxygen atoms in total. The second kappa shape index (κ2) is 7.31. The number of hydrogen-bond donors (Lipinski definition) is 2. The molecule has 0 saturated carbocycles. The summed E-state index contributed by atoms with van der Waals surface area (Å²) in [4.78, 5) is 3.53. The van der Waals surface area contributed by atoms with E-state index in [-0.39, 0.29) is 0 Å². The van der Waals surface area contributed by atoms with Gasteiger partial charge in [0.2, 0.25) is 0 Å². The number of nitrogens with one attached hydrogen (secondary N) is 2. The van der Waals surface area contributed by atoms with Crippen LogP contribution in [0.2, 0.25) is 0 Å². The van der Waals surface area contributed by atoms with Crippen molar-refractivity contribution in [1.29, 1.82) is 0 Å². The van der Waals surface area contributed by atoms with Crippen molar-refractivity contribution in [2.45, 2.75) is 6.61 Å². The van der Waals surface area contributed by atoms with E-state index < -0.39 is 0 Å². The van der Waals surface area contributed by atoms with Crippen LogP contribution in [0.5, 0.6) is 0 Å². The Bertz CT molecular complexity index is 766. The van der Waals surface area contributed by atoms with Crippen LogP contribution in [-0.2, 0) is 16.1 Å². The van der Waals surface area contributed by atoms with E-state index in [0.717, 1.165) is 29.0 Å². The number of benzene rings is 2. The Kier molecular flexibility index (Phi) is 4.95. The van der Waals surface area contributed by atoms with Crippen LogP contribution in [0.3, 0.4) is 0 Å². The van der Waals surface area contributed by atoms with Gasteiger partial charge in [0.1, 0.15) is 0 Å². The number of H-pyrrole nitrogens is 1. The second-order valence-electron chi connectivity index (χ2n) is 5.51. The zero-order valence-electron chi connectivity index (χ0n) is 13.6. The van der Waals surface area contributed by atoms with E-state index in [2.05, 4.69) is 52.8 Å². The molecule has 0 saturated heterocycles. The summed E-state index contributed by atoms with van der Waals surface area (Å²) in [5.74, 6) is 0. The third kappa shape index (κ3) is 3.55. The van der Waals surface area contributed by atoms with Gasteiger partial charge >= 0.3 is 0 Å². The van der Waals surface area contributed by atoms with Gasteiger partial charge in [0.15, 0.2) is 0 Å². The average Bonchev–Trinajstić information content (AvgIpc) is 3.00. The van der Waals surface area contributed by atoms with Crippen molar-refractivity contribution in [3.05, 3.63) is 54.1 Å². The molecule has 1 aromatic heterocycles. The van der Waals surface area contributed by atoms with E-state index >= 15 is 0 Å². The number of rotatable bonds is 7. The summed E-state index contributed by atoms with van der Waals surface area (Å²) < 4.78 is 10.4. The minimum Gasteiger partial charge on any atom is -0.383 e. The average molecular weight is 310 g/mol. The third-order valence-electron chi connectivity index (χ3n) is 3.81. The van der Waals surface area contributed by atoms with Crippen molar-refractivity contribution in [3.63, 3.8) is 0 Å². The van der Waals surface area contributed by atoms with Crippen LogP contribution in [-0.4, -0.2) is 32.4 Å². The van der Waals surface area contributed by atoms with Gasteiger partial charge in [-0.15, -0.1) is 0 Å². The fourth-order valence-corrected chi connectivity index (χ4v) is 2.76. The van der Waals surface area contributed by atoms with E-state index in [1.54, 1.807) is 14.2 Å². The molecule has 0 amide bonds. The van der Waals surface area contributed by atoms with Gasteiger partial charge in [-0.2, -0.15) is 0 Å². The monoisotopic (exact) mass is 310 g/mol. The van der Waals surface area contributed by atoms with Crippen LogP contribution in [0.25, 0.3) is 22.2 Å². The molecular weight excluding hydrogens is 288 g/mol. The molecule has 1 heterocycles. The lowest BCUT2D eigenvalue weighted by molar-refractivity contribution is 0.185. The number of anilines is 1. The molecule has 0 atom stereocenters. The Hall–Kier alpha value is -2.30. The molecule has 3 rings (SSSR count). The van der Waals surface area contributed by atoms with Crippen LogP contribution in [0.15, 0.2) is 48.5 Å². The fourth-order valence-electron chi connectivity index (χ4n) is 2.76. The first-order chi connectivity index (χ1) is 11.3. The molecule has 0 bridgehead atoms. The topological polar surface area (TPSA) is 46.3 Å². The van der Waals surface area contributed by atoms with Crippen molar-refractivity contribution >= 4 is 16.6 Å². The first-order valence-electron chi connectivity index (χ1n) is 7.74. The van der Waals surface area contributed by atoms with E-state index in [4.69, 9.17) is 9.47 Å². The molecular formula is C19H22N2O2. The zero-order valence-corrected chi connectivity index (χ0v) is 13.6. The smallest absolute Gasteiger partial charge is 0.0714 e. The van der Waals surface area contributed by atoms with Crippen LogP contribution < -0.4 is 5.32 Å². The minimum atomic E-state index is 0.598. The number of aromatic nitrogens is 1. The number of aromatic amines is 1. The summed E-state index contributed by atoms with van der Waals surface area (Å²) in [6.07, 6.45) is 0. The molecule has 3 aromatic rings. The molecule has 4 heteroatoms. The van der Waals surface area contributed by atoms with E-state index in [0.29, 0.717) is 13.2 Å². The van der Waals surface area contributed by atoms with Crippen LogP contribution >= 0.6 is 0 Å². The van der Waals surface area contributed by atoms with Crippen LogP contribution in [0.1, 0.15) is 5.56 Å². The van der Waals surface area contributed by atoms with Gasteiger partial charge in [-0.05, 0) is 29.3 Å². The van der Waals surface area contributed by atoms with Crippen molar-refractivity contribution in [2.75, 3.05) is 32.7 Å². The Morgan fingerprint density at radius 3 is 2.57 bits per heavy atom. The predicted octanol–water partition coefficient (Wildman–Crippen LogP) is 4.04. The largest absolute Gasteiger partial charge is 0.383 e. The SMILES string of the molecule is COCCNc1cc(COC)cc2cc(-c3ccccc3)[nH]c12. The second-order valence-corrected chi connectivity index (χ2v) is 5.51. The maximum atomic E-state index is 5.29. The predicted molar refractivity (Wildman–Crippen MR) is 94.8 cm³/mol. The normalized spacial score (nSPS) is 11.0. The maximum absolute atomic E-state index is 5.29. The maximum Gasteiger partial charge on any atom is 0.0714 e. The number of fused-ring (bicyclic) bond motifs is 1. The lowest BCUT2D eigenvalue weighted by atomic mass is 10.1. The molecule has 0 spiro atoms. The highest BCUT2D eigenvalue weighted by Gasteiger charge is 2.09. The molecule has 2 aromatic carbocycles. The summed E-state index contributed by atoms with van der Waals surface area (Å²) in [5, 5.41) is 4.62. The molecule has 0 aliphatic carbocycles. The Morgan fingerprint density at radius 1 is 1.00 bits per heavy atom. The number of methoxy groups -OCH3 is 2.